The summed E-state index contributed by atoms with van der Waals surface area (Å²) in [6.45, 7) is 0.380. The molecule has 2 aromatic carbocycles. The Morgan fingerprint density at radius 3 is 1.94 bits per heavy atom. The van der Waals surface area contributed by atoms with Crippen molar-refractivity contribution in [1.82, 2.24) is 9.97 Å². The van der Waals surface area contributed by atoms with Crippen LogP contribution in [0.5, 0.6) is 23.0 Å². The molecule has 4 heterocycles. The second-order valence-electron chi connectivity index (χ2n) is 11.8. The summed E-state index contributed by atoms with van der Waals surface area (Å²) in [5.41, 5.74) is 3.89. The van der Waals surface area contributed by atoms with E-state index in [-0.39, 0.29) is 19.0 Å². The minimum absolute atomic E-state index is 0.0923. The van der Waals surface area contributed by atoms with Crippen LogP contribution in [0.15, 0.2) is 77.8 Å². The Morgan fingerprint density at radius 2 is 1.34 bits per heavy atom. The lowest BCUT2D eigenvalue weighted by Crippen LogP contribution is -2.39. The van der Waals surface area contributed by atoms with Gasteiger partial charge in [0.2, 0.25) is 0 Å². The van der Waals surface area contributed by atoms with Crippen molar-refractivity contribution in [3.63, 3.8) is 0 Å². The zero-order valence-electron chi connectivity index (χ0n) is 28.1. The Balaban J connectivity index is 1.29. The molecule has 2 aromatic heterocycles. The number of aromatic nitrogens is 2. The van der Waals surface area contributed by atoms with Gasteiger partial charge in [-0.05, 0) is 90.1 Å². The van der Waals surface area contributed by atoms with Crippen molar-refractivity contribution < 1.29 is 35.8 Å². The lowest BCUT2D eigenvalue weighted by Gasteiger charge is -2.34. The van der Waals surface area contributed by atoms with Crippen LogP contribution in [-0.2, 0) is 32.9 Å². The van der Waals surface area contributed by atoms with Crippen LogP contribution in [0, 0.1) is 0 Å². The number of nitrogens with zero attached hydrogens (tertiary/aromatic N) is 4. The third-order valence-electron chi connectivity index (χ3n) is 8.73. The standard InChI is InChI=1S/C36H38N4O8S2/c1-45-32-11-9-25(19-34(32)47-3)13-17-49(41,42)39-16-6-8-30-31(39)22-28(23-38-30)29-21-27-7-5-15-37-36(27)40(24-29)50(43,44)18-14-26-10-12-33(46-2)35(20-26)48-4/h5,7,9-15,17-20,22-23,29H,6,8,16,21,24H2,1-4H3/b17-13+,18-14+. The summed E-state index contributed by atoms with van der Waals surface area (Å²) in [6.07, 6.45) is 8.06. The van der Waals surface area contributed by atoms with E-state index in [1.165, 1.54) is 54.6 Å². The number of anilines is 2. The number of sulfonamides is 2. The molecule has 0 amide bonds. The lowest BCUT2D eigenvalue weighted by atomic mass is 9.89. The second kappa shape index (κ2) is 14.4. The van der Waals surface area contributed by atoms with Gasteiger partial charge in [0, 0.05) is 31.4 Å². The largest absolute Gasteiger partial charge is 0.493 e. The van der Waals surface area contributed by atoms with Gasteiger partial charge in [-0.1, -0.05) is 18.2 Å². The van der Waals surface area contributed by atoms with Crippen LogP contribution in [-0.4, -0.2) is 68.3 Å². The first kappa shape index (κ1) is 34.8. The summed E-state index contributed by atoms with van der Waals surface area (Å²) >= 11 is 0. The van der Waals surface area contributed by atoms with E-state index in [0.717, 1.165) is 16.5 Å². The molecule has 12 nitrogen and oxygen atoms in total. The van der Waals surface area contributed by atoms with Gasteiger partial charge in [-0.15, -0.1) is 0 Å². The highest BCUT2D eigenvalue weighted by Crippen LogP contribution is 2.38. The van der Waals surface area contributed by atoms with Crippen LogP contribution in [0.1, 0.15) is 40.3 Å². The summed E-state index contributed by atoms with van der Waals surface area (Å²) in [5.74, 6) is 2.07. The first-order valence-electron chi connectivity index (χ1n) is 15.8. The summed E-state index contributed by atoms with van der Waals surface area (Å²) < 4.78 is 79.2. The molecule has 0 bridgehead atoms. The Labute approximate surface area is 292 Å². The quantitative estimate of drug-likeness (QED) is 0.198. The maximum Gasteiger partial charge on any atom is 0.258 e. The van der Waals surface area contributed by atoms with Crippen LogP contribution in [0.3, 0.4) is 0 Å². The van der Waals surface area contributed by atoms with E-state index in [1.54, 1.807) is 54.9 Å². The molecule has 2 aliphatic rings. The van der Waals surface area contributed by atoms with E-state index in [0.29, 0.717) is 70.6 Å². The summed E-state index contributed by atoms with van der Waals surface area (Å²) in [7, 11) is -1.81. The van der Waals surface area contributed by atoms with Gasteiger partial charge in [0.1, 0.15) is 5.82 Å². The van der Waals surface area contributed by atoms with Crippen LogP contribution in [0.25, 0.3) is 12.2 Å². The van der Waals surface area contributed by atoms with Gasteiger partial charge in [-0.2, -0.15) is 0 Å². The molecule has 0 radical (unpaired) electrons. The number of benzene rings is 2. The van der Waals surface area contributed by atoms with Crippen molar-refractivity contribution in [3.05, 3.63) is 106 Å². The second-order valence-corrected chi connectivity index (χ2v) is 15.2. The lowest BCUT2D eigenvalue weighted by molar-refractivity contribution is 0.355. The average molecular weight is 719 g/mol. The fourth-order valence-electron chi connectivity index (χ4n) is 6.17. The minimum Gasteiger partial charge on any atom is -0.493 e. The SMILES string of the molecule is COc1ccc(/C=C/S(=O)(=O)N2CCCc3ncc(C4Cc5cccnc5N(S(=O)(=O)/C=C/c5ccc(OC)c(OC)c5)C4)cc32)cc1OC. The maximum absolute atomic E-state index is 13.9. The van der Waals surface area contributed by atoms with Crippen LogP contribution >= 0.6 is 0 Å². The Bertz CT molecular complexity index is 2170. The number of hydrogen-bond donors (Lipinski definition) is 0. The zero-order chi connectivity index (χ0) is 35.5. The van der Waals surface area contributed by atoms with Crippen molar-refractivity contribution in [1.29, 1.82) is 0 Å². The molecule has 2 aliphatic heterocycles. The number of ether oxygens (including phenoxy) is 4. The van der Waals surface area contributed by atoms with Crippen molar-refractivity contribution in [3.8, 4) is 23.0 Å². The van der Waals surface area contributed by atoms with Gasteiger partial charge >= 0.3 is 0 Å². The van der Waals surface area contributed by atoms with Gasteiger partial charge in [-0.3, -0.25) is 9.29 Å². The van der Waals surface area contributed by atoms with Crippen LogP contribution in [0.2, 0.25) is 0 Å². The van der Waals surface area contributed by atoms with E-state index >= 15 is 0 Å². The molecule has 0 aliphatic carbocycles. The van der Waals surface area contributed by atoms with Crippen molar-refractivity contribution in [2.75, 3.05) is 50.1 Å². The van der Waals surface area contributed by atoms with E-state index in [4.69, 9.17) is 18.9 Å². The molecule has 1 unspecified atom stereocenters. The van der Waals surface area contributed by atoms with Crippen LogP contribution < -0.4 is 27.6 Å². The number of hydrogen-bond acceptors (Lipinski definition) is 10. The maximum atomic E-state index is 13.9. The van der Waals surface area contributed by atoms with Gasteiger partial charge in [0.15, 0.2) is 23.0 Å². The Kier molecular flexibility index (Phi) is 10.0. The topological polar surface area (TPSA) is 137 Å². The zero-order valence-corrected chi connectivity index (χ0v) is 29.8. The third-order valence-corrected chi connectivity index (χ3v) is 11.6. The summed E-state index contributed by atoms with van der Waals surface area (Å²) in [5, 5.41) is 2.33. The van der Waals surface area contributed by atoms with Crippen molar-refractivity contribution in [2.45, 2.75) is 25.2 Å². The highest BCUT2D eigenvalue weighted by molar-refractivity contribution is 7.96. The number of methoxy groups -OCH3 is 4. The van der Waals surface area contributed by atoms with Crippen LogP contribution in [0.4, 0.5) is 11.5 Å². The van der Waals surface area contributed by atoms with E-state index in [9.17, 15) is 16.8 Å². The predicted octanol–water partition coefficient (Wildman–Crippen LogP) is 5.41. The first-order valence-corrected chi connectivity index (χ1v) is 18.9. The third kappa shape index (κ3) is 7.12. The average Bonchev–Trinajstić information content (AvgIpc) is 3.15. The van der Waals surface area contributed by atoms with E-state index in [1.807, 2.05) is 12.1 Å². The van der Waals surface area contributed by atoms with Crippen molar-refractivity contribution >= 4 is 43.7 Å². The molecule has 14 heteroatoms. The molecule has 4 aromatic rings. The monoisotopic (exact) mass is 718 g/mol. The summed E-state index contributed by atoms with van der Waals surface area (Å²) in [4.78, 5) is 9.12. The molecule has 0 N–H and O–H groups in total. The van der Waals surface area contributed by atoms with Crippen molar-refractivity contribution in [2.24, 2.45) is 0 Å². The Hall–Kier alpha value is -5.08. The molecule has 0 spiro atoms. The molecular formula is C36H38N4O8S2. The highest BCUT2D eigenvalue weighted by atomic mass is 32.2. The number of aryl methyl sites for hydroxylation is 1. The Morgan fingerprint density at radius 1 is 0.740 bits per heavy atom. The molecule has 262 valence electrons. The molecule has 0 fully saturated rings. The minimum atomic E-state index is -4.00. The van der Waals surface area contributed by atoms with Gasteiger partial charge in [0.05, 0.1) is 50.6 Å². The fraction of sp³-hybridized carbons (Fsp3) is 0.278. The van der Waals surface area contributed by atoms with Gasteiger partial charge in [-0.25, -0.2) is 26.1 Å². The van der Waals surface area contributed by atoms with E-state index < -0.39 is 20.0 Å². The molecule has 1 atom stereocenters. The molecule has 50 heavy (non-hydrogen) atoms. The number of pyridine rings is 2. The van der Waals surface area contributed by atoms with Gasteiger partial charge in [0.25, 0.3) is 20.0 Å². The first-order chi connectivity index (χ1) is 24.1. The number of fused-ring (bicyclic) bond motifs is 2. The molecule has 0 saturated carbocycles. The molecule has 0 saturated heterocycles. The van der Waals surface area contributed by atoms with E-state index in [2.05, 4.69) is 9.97 Å². The highest BCUT2D eigenvalue weighted by Gasteiger charge is 2.34. The predicted molar refractivity (Wildman–Crippen MR) is 193 cm³/mol. The van der Waals surface area contributed by atoms with Gasteiger partial charge < -0.3 is 18.9 Å². The normalized spacial score (nSPS) is 16.3. The molecular weight excluding hydrogens is 681 g/mol. The molecule has 6 rings (SSSR count). The smallest absolute Gasteiger partial charge is 0.258 e. The fourth-order valence-corrected chi connectivity index (χ4v) is 8.73. The summed E-state index contributed by atoms with van der Waals surface area (Å²) in [6, 6.07) is 15.8. The number of rotatable bonds is 11.